The second kappa shape index (κ2) is 7.26. The van der Waals surface area contributed by atoms with Crippen LogP contribution in [-0.4, -0.2) is 20.4 Å². The van der Waals surface area contributed by atoms with Crippen molar-refractivity contribution in [3.8, 4) is 5.75 Å². The number of nitrogens with two attached hydrogens (primary N) is 1. The van der Waals surface area contributed by atoms with Gasteiger partial charge in [0.1, 0.15) is 5.75 Å². The minimum atomic E-state index is -3.75. The molecule has 0 fully saturated rings. The van der Waals surface area contributed by atoms with E-state index in [0.29, 0.717) is 17.9 Å². The number of para-hydroxylation sites is 1. The normalized spacial score (nSPS) is 12.4. The van der Waals surface area contributed by atoms with Crippen molar-refractivity contribution < 1.29 is 17.9 Å². The van der Waals surface area contributed by atoms with Crippen molar-refractivity contribution in [1.29, 1.82) is 0 Å². The van der Waals surface area contributed by atoms with Gasteiger partial charge in [0.15, 0.2) is 6.10 Å². The molecule has 6 nitrogen and oxygen atoms in total. The van der Waals surface area contributed by atoms with Crippen LogP contribution >= 0.6 is 0 Å². The number of primary sulfonamides is 1. The van der Waals surface area contributed by atoms with Crippen molar-refractivity contribution in [2.24, 2.45) is 5.14 Å². The van der Waals surface area contributed by atoms with E-state index in [1.807, 2.05) is 25.1 Å². The topological polar surface area (TPSA) is 98.5 Å². The molecule has 0 spiro atoms. The van der Waals surface area contributed by atoms with Crippen LogP contribution in [0.1, 0.15) is 13.3 Å². The lowest BCUT2D eigenvalue weighted by Crippen LogP contribution is -2.32. The first-order valence-corrected chi connectivity index (χ1v) is 8.60. The zero-order valence-electron chi connectivity index (χ0n) is 12.6. The van der Waals surface area contributed by atoms with E-state index in [1.54, 1.807) is 12.1 Å². The van der Waals surface area contributed by atoms with Crippen LogP contribution in [0.4, 0.5) is 5.69 Å². The third kappa shape index (κ3) is 4.80. The molecular formula is C16H18N2O4S. The van der Waals surface area contributed by atoms with Crippen molar-refractivity contribution in [2.75, 3.05) is 5.32 Å². The molecule has 0 saturated carbocycles. The molecule has 0 saturated heterocycles. The highest BCUT2D eigenvalue weighted by Gasteiger charge is 2.18. The standard InChI is InChI=1S/C16H18N2O4S/c1-2-15(22-13-6-4-3-5-7-13)16(19)18-12-8-10-14(11-9-12)23(17,20)21/h3-11,15H,2H2,1H3,(H,18,19)(H2,17,20,21)/t15-/m0/s1. The van der Waals surface area contributed by atoms with Crippen molar-refractivity contribution in [3.63, 3.8) is 0 Å². The van der Waals surface area contributed by atoms with Gasteiger partial charge in [-0.3, -0.25) is 4.79 Å². The number of ether oxygens (including phenoxy) is 1. The maximum absolute atomic E-state index is 12.3. The summed E-state index contributed by atoms with van der Waals surface area (Å²) in [5.41, 5.74) is 0.470. The zero-order valence-corrected chi connectivity index (χ0v) is 13.4. The summed E-state index contributed by atoms with van der Waals surface area (Å²) in [5, 5.41) is 7.72. The van der Waals surface area contributed by atoms with Crippen molar-refractivity contribution in [3.05, 3.63) is 54.6 Å². The molecule has 2 rings (SSSR count). The van der Waals surface area contributed by atoms with E-state index in [1.165, 1.54) is 24.3 Å². The number of sulfonamides is 1. The van der Waals surface area contributed by atoms with Gasteiger partial charge in [-0.1, -0.05) is 25.1 Å². The molecule has 0 radical (unpaired) electrons. The Morgan fingerprint density at radius 2 is 1.74 bits per heavy atom. The molecule has 2 aromatic carbocycles. The van der Waals surface area contributed by atoms with E-state index < -0.39 is 16.1 Å². The van der Waals surface area contributed by atoms with Crippen LogP contribution in [0.15, 0.2) is 59.5 Å². The number of anilines is 1. The molecule has 0 aliphatic carbocycles. The molecule has 0 aliphatic heterocycles. The van der Waals surface area contributed by atoms with Crippen molar-refractivity contribution >= 4 is 21.6 Å². The lowest BCUT2D eigenvalue weighted by atomic mass is 10.2. The quantitative estimate of drug-likeness (QED) is 0.845. The van der Waals surface area contributed by atoms with Crippen LogP contribution in [0.2, 0.25) is 0 Å². The van der Waals surface area contributed by atoms with Crippen LogP contribution in [0.3, 0.4) is 0 Å². The number of benzene rings is 2. The lowest BCUT2D eigenvalue weighted by Gasteiger charge is -2.17. The van der Waals surface area contributed by atoms with Gasteiger partial charge < -0.3 is 10.1 Å². The average molecular weight is 334 g/mol. The van der Waals surface area contributed by atoms with E-state index in [0.717, 1.165) is 0 Å². The second-order valence-corrected chi connectivity index (χ2v) is 6.45. The Balaban J connectivity index is 2.04. The van der Waals surface area contributed by atoms with Gasteiger partial charge in [-0.2, -0.15) is 0 Å². The van der Waals surface area contributed by atoms with Crippen LogP contribution in [0.5, 0.6) is 5.75 Å². The highest BCUT2D eigenvalue weighted by Crippen LogP contribution is 2.16. The Morgan fingerprint density at radius 1 is 1.13 bits per heavy atom. The third-order valence-electron chi connectivity index (χ3n) is 3.14. The van der Waals surface area contributed by atoms with Crippen LogP contribution in [0, 0.1) is 0 Å². The lowest BCUT2D eigenvalue weighted by molar-refractivity contribution is -0.122. The highest BCUT2D eigenvalue weighted by molar-refractivity contribution is 7.89. The van der Waals surface area contributed by atoms with Gasteiger partial charge in [0.25, 0.3) is 5.91 Å². The number of hydrogen-bond acceptors (Lipinski definition) is 4. The average Bonchev–Trinajstić information content (AvgIpc) is 2.53. The first kappa shape index (κ1) is 17.0. The summed E-state index contributed by atoms with van der Waals surface area (Å²) in [4.78, 5) is 12.2. The maximum atomic E-state index is 12.3. The fourth-order valence-corrected chi connectivity index (χ4v) is 2.45. The van der Waals surface area contributed by atoms with E-state index >= 15 is 0 Å². The molecule has 0 aromatic heterocycles. The van der Waals surface area contributed by atoms with Crippen LogP contribution in [0.25, 0.3) is 0 Å². The van der Waals surface area contributed by atoms with E-state index in [4.69, 9.17) is 9.88 Å². The molecule has 7 heteroatoms. The van der Waals surface area contributed by atoms with Gasteiger partial charge >= 0.3 is 0 Å². The summed E-state index contributed by atoms with van der Waals surface area (Å²) in [6, 6.07) is 14.7. The summed E-state index contributed by atoms with van der Waals surface area (Å²) in [6.45, 7) is 1.84. The summed E-state index contributed by atoms with van der Waals surface area (Å²) in [5.74, 6) is 0.304. The number of carbonyl (C=O) groups is 1. The molecule has 2 aromatic rings. The summed E-state index contributed by atoms with van der Waals surface area (Å²) < 4.78 is 28.0. The fourth-order valence-electron chi connectivity index (χ4n) is 1.94. The molecule has 0 aliphatic rings. The van der Waals surface area contributed by atoms with Crippen LogP contribution in [-0.2, 0) is 14.8 Å². The van der Waals surface area contributed by atoms with E-state index in [9.17, 15) is 13.2 Å². The number of carbonyl (C=O) groups excluding carboxylic acids is 1. The van der Waals surface area contributed by atoms with Gasteiger partial charge in [0.2, 0.25) is 10.0 Å². The Kier molecular flexibility index (Phi) is 5.36. The molecule has 1 amide bonds. The van der Waals surface area contributed by atoms with E-state index in [-0.39, 0.29) is 10.8 Å². The molecule has 122 valence electrons. The Bertz CT molecular complexity index is 758. The van der Waals surface area contributed by atoms with E-state index in [2.05, 4.69) is 5.32 Å². The molecular weight excluding hydrogens is 316 g/mol. The number of amides is 1. The summed E-state index contributed by atoms with van der Waals surface area (Å²) >= 11 is 0. The smallest absolute Gasteiger partial charge is 0.265 e. The van der Waals surface area contributed by atoms with Crippen molar-refractivity contribution in [1.82, 2.24) is 0 Å². The molecule has 3 N–H and O–H groups in total. The first-order valence-electron chi connectivity index (χ1n) is 7.05. The molecule has 0 heterocycles. The second-order valence-electron chi connectivity index (χ2n) is 4.89. The van der Waals surface area contributed by atoms with Gasteiger partial charge in [-0.25, -0.2) is 13.6 Å². The minimum Gasteiger partial charge on any atom is -0.481 e. The number of rotatable bonds is 6. The summed E-state index contributed by atoms with van der Waals surface area (Å²) in [6.07, 6.45) is -0.147. The van der Waals surface area contributed by atoms with Crippen LogP contribution < -0.4 is 15.2 Å². The molecule has 0 unspecified atom stereocenters. The predicted octanol–water partition coefficient (Wildman–Crippen LogP) is 2.13. The summed E-state index contributed by atoms with van der Waals surface area (Å²) in [7, 11) is -3.75. The monoisotopic (exact) mass is 334 g/mol. The third-order valence-corrected chi connectivity index (χ3v) is 4.06. The first-order chi connectivity index (χ1) is 10.9. The SMILES string of the molecule is CC[C@H](Oc1ccccc1)C(=O)Nc1ccc(S(N)(=O)=O)cc1. The largest absolute Gasteiger partial charge is 0.481 e. The Hall–Kier alpha value is -2.38. The molecule has 0 bridgehead atoms. The Morgan fingerprint density at radius 3 is 2.26 bits per heavy atom. The maximum Gasteiger partial charge on any atom is 0.265 e. The minimum absolute atomic E-state index is 0.0110. The highest BCUT2D eigenvalue weighted by atomic mass is 32.2. The fraction of sp³-hybridized carbons (Fsp3) is 0.188. The molecule has 23 heavy (non-hydrogen) atoms. The number of hydrogen-bond donors (Lipinski definition) is 2. The Labute approximate surface area is 135 Å². The van der Waals surface area contributed by atoms with Gasteiger partial charge in [0.05, 0.1) is 4.90 Å². The van der Waals surface area contributed by atoms with Gasteiger partial charge in [0, 0.05) is 5.69 Å². The van der Waals surface area contributed by atoms with Crippen molar-refractivity contribution in [2.45, 2.75) is 24.3 Å². The zero-order chi connectivity index (χ0) is 16.9. The van der Waals surface area contributed by atoms with Gasteiger partial charge in [-0.05, 0) is 42.8 Å². The number of nitrogens with one attached hydrogen (secondary N) is 1. The predicted molar refractivity (Wildman–Crippen MR) is 87.6 cm³/mol. The molecule has 1 atom stereocenters. The van der Waals surface area contributed by atoms with Gasteiger partial charge in [-0.15, -0.1) is 0 Å².